The molecule has 1 aliphatic heterocycles. The highest BCUT2D eigenvalue weighted by Crippen LogP contribution is 2.33. The highest BCUT2D eigenvalue weighted by molar-refractivity contribution is 6.13. The molecule has 0 saturated heterocycles. The van der Waals surface area contributed by atoms with Crippen molar-refractivity contribution in [1.82, 2.24) is 4.90 Å². The minimum atomic E-state index is -0.546. The van der Waals surface area contributed by atoms with Crippen LogP contribution < -0.4 is 10.2 Å². The summed E-state index contributed by atoms with van der Waals surface area (Å²) in [5, 5.41) is 2.80. The Balaban J connectivity index is 1.71. The lowest BCUT2D eigenvalue weighted by molar-refractivity contribution is -0.117. The van der Waals surface area contributed by atoms with Crippen LogP contribution in [0.3, 0.4) is 0 Å². The fraction of sp³-hybridized carbons (Fsp3) is 0.360. The Morgan fingerprint density at radius 2 is 1.85 bits per heavy atom. The number of benzene rings is 2. The molecular weight excluding hydrogens is 420 g/mol. The Kier molecular flexibility index (Phi) is 7.95. The van der Waals surface area contributed by atoms with Gasteiger partial charge in [-0.25, -0.2) is 4.79 Å². The van der Waals surface area contributed by atoms with Gasteiger partial charge in [0, 0.05) is 31.1 Å². The Labute approximate surface area is 194 Å². The lowest BCUT2D eigenvalue weighted by Crippen LogP contribution is -2.31. The van der Waals surface area contributed by atoms with Gasteiger partial charge in [0.25, 0.3) is 0 Å². The first-order chi connectivity index (χ1) is 15.8. The van der Waals surface area contributed by atoms with E-state index in [-0.39, 0.29) is 18.4 Å². The van der Waals surface area contributed by atoms with E-state index in [2.05, 4.69) is 15.2 Å². The number of hydrogen-bond donors (Lipinski definition) is 1. The lowest BCUT2D eigenvalue weighted by Gasteiger charge is -2.22. The van der Waals surface area contributed by atoms with E-state index in [1.165, 1.54) is 0 Å². The predicted octanol–water partition coefficient (Wildman–Crippen LogP) is 3.61. The van der Waals surface area contributed by atoms with E-state index >= 15 is 0 Å². The fourth-order valence-electron chi connectivity index (χ4n) is 3.67. The summed E-state index contributed by atoms with van der Waals surface area (Å²) in [5.74, 6) is -1.18. The summed E-state index contributed by atoms with van der Waals surface area (Å²) in [7, 11) is 4.01. The molecule has 0 bridgehead atoms. The molecule has 1 aliphatic rings. The van der Waals surface area contributed by atoms with E-state index in [1.807, 2.05) is 38.4 Å². The molecule has 2 amide bonds. The molecule has 1 heterocycles. The number of amides is 2. The molecule has 3 rings (SSSR count). The van der Waals surface area contributed by atoms with E-state index in [4.69, 9.17) is 4.74 Å². The highest BCUT2D eigenvalue weighted by atomic mass is 16.5. The summed E-state index contributed by atoms with van der Waals surface area (Å²) in [4.78, 5) is 44.8. The van der Waals surface area contributed by atoms with Gasteiger partial charge in [0.1, 0.15) is 5.92 Å². The third-order valence-corrected chi connectivity index (χ3v) is 5.34. The monoisotopic (exact) mass is 450 g/mol. The summed E-state index contributed by atoms with van der Waals surface area (Å²) in [5.41, 5.74) is 3.24. The van der Waals surface area contributed by atoms with Crippen LogP contribution in [0.25, 0.3) is 0 Å². The molecule has 0 fully saturated rings. The first-order valence-corrected chi connectivity index (χ1v) is 11.0. The van der Waals surface area contributed by atoms with Crippen molar-refractivity contribution in [1.29, 1.82) is 0 Å². The molecule has 8 nitrogen and oxygen atoms in total. The third-order valence-electron chi connectivity index (χ3n) is 5.34. The molecule has 8 heteroatoms. The molecule has 33 heavy (non-hydrogen) atoms. The smallest absolute Gasteiger partial charge is 0.338 e. The highest BCUT2D eigenvalue weighted by Gasteiger charge is 2.30. The summed E-state index contributed by atoms with van der Waals surface area (Å²) in [6.07, 6.45) is 2.47. The van der Waals surface area contributed by atoms with Gasteiger partial charge in [-0.15, -0.1) is 0 Å². The molecule has 1 unspecified atom stereocenters. The zero-order valence-electron chi connectivity index (χ0n) is 19.5. The first-order valence-electron chi connectivity index (χ1n) is 11.0. The molecule has 2 aromatic carbocycles. The van der Waals surface area contributed by atoms with Gasteiger partial charge in [-0.05, 0) is 75.9 Å². The number of rotatable bonds is 9. The molecule has 1 atom stereocenters. The molecule has 0 radical (unpaired) electrons. The number of hydrogen-bond acceptors (Lipinski definition) is 6. The van der Waals surface area contributed by atoms with E-state index in [0.29, 0.717) is 23.5 Å². The molecule has 0 aliphatic carbocycles. The van der Waals surface area contributed by atoms with Gasteiger partial charge in [0.05, 0.1) is 17.9 Å². The quantitative estimate of drug-likeness (QED) is 0.466. The van der Waals surface area contributed by atoms with Crippen LogP contribution in [0.15, 0.2) is 47.5 Å². The van der Waals surface area contributed by atoms with Gasteiger partial charge >= 0.3 is 5.97 Å². The van der Waals surface area contributed by atoms with Crippen molar-refractivity contribution in [3.05, 3.63) is 53.6 Å². The zero-order chi connectivity index (χ0) is 24.0. The minimum Gasteiger partial charge on any atom is -0.462 e. The number of ether oxygens (including phenoxy) is 1. The number of esters is 1. The third kappa shape index (κ3) is 6.04. The van der Waals surface area contributed by atoms with Gasteiger partial charge < -0.3 is 19.9 Å². The fourth-order valence-corrected chi connectivity index (χ4v) is 3.67. The maximum atomic E-state index is 12.5. The SMILES string of the molecule is CCOC(=O)c1ccc2c(c1)NC(=O)C2C=Nc1ccc(N(CCCN(C)C)C(C)=O)cc1. The standard InChI is InChI=1S/C25H30N4O4/c1-5-33-25(32)18-7-12-21-22(24(31)27-23(21)15-18)16-26-19-8-10-20(11-9-19)29(17(2)30)14-6-13-28(3)4/h7-12,15-16,22H,5-6,13-14H2,1-4H3,(H,27,31). The van der Waals surface area contributed by atoms with Crippen LogP contribution in [0, 0.1) is 0 Å². The van der Waals surface area contributed by atoms with Crippen molar-refractivity contribution in [2.45, 2.75) is 26.2 Å². The van der Waals surface area contributed by atoms with Crippen LogP contribution in [0.2, 0.25) is 0 Å². The number of anilines is 2. The Bertz CT molecular complexity index is 1050. The van der Waals surface area contributed by atoms with Crippen molar-refractivity contribution < 1.29 is 19.1 Å². The second kappa shape index (κ2) is 10.9. The van der Waals surface area contributed by atoms with E-state index in [9.17, 15) is 14.4 Å². The van der Waals surface area contributed by atoms with Crippen LogP contribution in [0.4, 0.5) is 17.1 Å². The number of nitrogens with one attached hydrogen (secondary N) is 1. The van der Waals surface area contributed by atoms with Crippen LogP contribution in [0.1, 0.15) is 42.1 Å². The summed E-state index contributed by atoms with van der Waals surface area (Å²) in [6.45, 7) is 5.14. The van der Waals surface area contributed by atoms with Crippen LogP contribution in [-0.2, 0) is 14.3 Å². The summed E-state index contributed by atoms with van der Waals surface area (Å²) < 4.78 is 5.02. The molecule has 2 aromatic rings. The molecule has 0 saturated carbocycles. The summed E-state index contributed by atoms with van der Waals surface area (Å²) in [6, 6.07) is 12.4. The average Bonchev–Trinajstić information content (AvgIpc) is 3.09. The number of carbonyl (C=O) groups is 3. The first kappa shape index (κ1) is 24.1. The maximum Gasteiger partial charge on any atom is 0.338 e. The largest absolute Gasteiger partial charge is 0.462 e. The van der Waals surface area contributed by atoms with Gasteiger partial charge in [0.2, 0.25) is 11.8 Å². The Hall–Kier alpha value is -3.52. The topological polar surface area (TPSA) is 91.3 Å². The normalized spacial score (nSPS) is 14.9. The van der Waals surface area contributed by atoms with Crippen molar-refractivity contribution in [2.24, 2.45) is 4.99 Å². The molecule has 0 spiro atoms. The number of carbonyl (C=O) groups excluding carboxylic acids is 3. The second-order valence-corrected chi connectivity index (χ2v) is 8.11. The van der Waals surface area contributed by atoms with Crippen LogP contribution in [-0.4, -0.2) is 62.7 Å². The summed E-state index contributed by atoms with van der Waals surface area (Å²) >= 11 is 0. The zero-order valence-corrected chi connectivity index (χ0v) is 19.5. The van der Waals surface area contributed by atoms with Crippen LogP contribution in [0.5, 0.6) is 0 Å². The van der Waals surface area contributed by atoms with Gasteiger partial charge in [0.15, 0.2) is 0 Å². The lowest BCUT2D eigenvalue weighted by atomic mass is 10.0. The number of nitrogens with zero attached hydrogens (tertiary/aromatic N) is 3. The van der Waals surface area contributed by atoms with Crippen molar-refractivity contribution in [3.63, 3.8) is 0 Å². The Morgan fingerprint density at radius 1 is 1.12 bits per heavy atom. The maximum absolute atomic E-state index is 12.5. The van der Waals surface area contributed by atoms with E-state index in [1.54, 1.807) is 43.2 Å². The van der Waals surface area contributed by atoms with E-state index < -0.39 is 11.9 Å². The number of fused-ring (bicyclic) bond motifs is 1. The number of aliphatic imine (C=N–C) groups is 1. The van der Waals surface area contributed by atoms with Crippen molar-refractivity contribution >= 4 is 41.1 Å². The van der Waals surface area contributed by atoms with Crippen molar-refractivity contribution in [2.75, 3.05) is 44.0 Å². The average molecular weight is 451 g/mol. The minimum absolute atomic E-state index is 0.00794. The second-order valence-electron chi connectivity index (χ2n) is 8.11. The molecule has 1 N–H and O–H groups in total. The molecule has 0 aromatic heterocycles. The predicted molar refractivity (Wildman–Crippen MR) is 130 cm³/mol. The molecular formula is C25H30N4O4. The van der Waals surface area contributed by atoms with Gasteiger partial charge in [-0.1, -0.05) is 6.07 Å². The van der Waals surface area contributed by atoms with Crippen LogP contribution >= 0.6 is 0 Å². The Morgan fingerprint density at radius 3 is 2.48 bits per heavy atom. The van der Waals surface area contributed by atoms with E-state index in [0.717, 1.165) is 24.2 Å². The van der Waals surface area contributed by atoms with Gasteiger partial charge in [-0.3, -0.25) is 14.6 Å². The van der Waals surface area contributed by atoms with Gasteiger partial charge in [-0.2, -0.15) is 0 Å². The van der Waals surface area contributed by atoms with Crippen molar-refractivity contribution in [3.8, 4) is 0 Å². The molecule has 174 valence electrons.